The zero-order valence-electron chi connectivity index (χ0n) is 11.6. The van der Waals surface area contributed by atoms with Crippen LogP contribution in [0.5, 0.6) is 0 Å². The summed E-state index contributed by atoms with van der Waals surface area (Å²) in [4.78, 5) is 11.6. The van der Waals surface area contributed by atoms with Crippen LogP contribution in [0.4, 0.5) is 11.4 Å². The van der Waals surface area contributed by atoms with Gasteiger partial charge in [-0.3, -0.25) is 0 Å². The van der Waals surface area contributed by atoms with E-state index in [4.69, 9.17) is 10.5 Å². The molecule has 1 aromatic carbocycles. The number of hydrogen-bond donors (Lipinski definition) is 2. The summed E-state index contributed by atoms with van der Waals surface area (Å²) in [5.41, 5.74) is 7.80. The Bertz CT molecular complexity index is 459. The third-order valence-corrected chi connectivity index (χ3v) is 3.96. The SMILES string of the molecule is COC(=O)c1cccc(NC2CCCCC2C)c1N. The van der Waals surface area contributed by atoms with Crippen LogP contribution in [0.15, 0.2) is 18.2 Å². The predicted molar refractivity (Wildman–Crippen MR) is 77.2 cm³/mol. The van der Waals surface area contributed by atoms with Gasteiger partial charge in [-0.1, -0.05) is 25.8 Å². The molecule has 0 aromatic heterocycles. The van der Waals surface area contributed by atoms with Gasteiger partial charge < -0.3 is 15.8 Å². The molecule has 0 spiro atoms. The fourth-order valence-corrected chi connectivity index (χ4v) is 2.71. The molecule has 4 nitrogen and oxygen atoms in total. The molecule has 0 bridgehead atoms. The zero-order chi connectivity index (χ0) is 13.8. The summed E-state index contributed by atoms with van der Waals surface area (Å²) in [6, 6.07) is 5.88. The number of rotatable bonds is 3. The second-order valence-corrected chi connectivity index (χ2v) is 5.27. The molecule has 1 fully saturated rings. The maximum absolute atomic E-state index is 11.6. The van der Waals surface area contributed by atoms with Crippen LogP contribution < -0.4 is 11.1 Å². The molecule has 1 aromatic rings. The minimum Gasteiger partial charge on any atom is -0.465 e. The minimum absolute atomic E-state index is 0.391. The van der Waals surface area contributed by atoms with E-state index in [9.17, 15) is 4.79 Å². The van der Waals surface area contributed by atoms with E-state index in [1.54, 1.807) is 6.07 Å². The number of esters is 1. The van der Waals surface area contributed by atoms with Gasteiger partial charge in [0.1, 0.15) is 0 Å². The van der Waals surface area contributed by atoms with Gasteiger partial charge in [0.25, 0.3) is 0 Å². The third kappa shape index (κ3) is 3.00. The van der Waals surface area contributed by atoms with Crippen molar-refractivity contribution >= 4 is 17.3 Å². The first-order valence-electron chi connectivity index (χ1n) is 6.87. The lowest BCUT2D eigenvalue weighted by Gasteiger charge is -2.31. The minimum atomic E-state index is -0.391. The zero-order valence-corrected chi connectivity index (χ0v) is 11.6. The van der Waals surface area contributed by atoms with Gasteiger partial charge in [-0.2, -0.15) is 0 Å². The molecule has 0 amide bonds. The van der Waals surface area contributed by atoms with Crippen molar-refractivity contribution in [2.24, 2.45) is 5.92 Å². The van der Waals surface area contributed by atoms with Crippen molar-refractivity contribution in [3.05, 3.63) is 23.8 Å². The number of methoxy groups -OCH3 is 1. The monoisotopic (exact) mass is 262 g/mol. The van der Waals surface area contributed by atoms with Gasteiger partial charge in [0.2, 0.25) is 0 Å². The van der Waals surface area contributed by atoms with Crippen LogP contribution in [-0.4, -0.2) is 19.1 Å². The molecule has 1 aliphatic rings. The van der Waals surface area contributed by atoms with Crippen LogP contribution in [0.3, 0.4) is 0 Å². The van der Waals surface area contributed by atoms with Crippen molar-refractivity contribution in [2.45, 2.75) is 38.6 Å². The van der Waals surface area contributed by atoms with Crippen molar-refractivity contribution in [2.75, 3.05) is 18.2 Å². The van der Waals surface area contributed by atoms with Crippen molar-refractivity contribution in [3.63, 3.8) is 0 Å². The van der Waals surface area contributed by atoms with Crippen molar-refractivity contribution in [3.8, 4) is 0 Å². The van der Waals surface area contributed by atoms with Crippen LogP contribution in [0.25, 0.3) is 0 Å². The highest BCUT2D eigenvalue weighted by Gasteiger charge is 2.22. The maximum atomic E-state index is 11.6. The van der Waals surface area contributed by atoms with E-state index < -0.39 is 5.97 Å². The highest BCUT2D eigenvalue weighted by atomic mass is 16.5. The molecule has 0 saturated heterocycles. The molecule has 0 aliphatic heterocycles. The van der Waals surface area contributed by atoms with Crippen LogP contribution in [-0.2, 0) is 4.74 Å². The first kappa shape index (κ1) is 13.7. The van der Waals surface area contributed by atoms with Crippen molar-refractivity contribution in [1.29, 1.82) is 0 Å². The summed E-state index contributed by atoms with van der Waals surface area (Å²) < 4.78 is 4.74. The Labute approximate surface area is 114 Å². The van der Waals surface area contributed by atoms with Crippen LogP contribution >= 0.6 is 0 Å². The summed E-state index contributed by atoms with van der Waals surface area (Å²) >= 11 is 0. The molecule has 1 aliphatic carbocycles. The van der Waals surface area contributed by atoms with E-state index in [0.717, 1.165) is 12.1 Å². The fraction of sp³-hybridized carbons (Fsp3) is 0.533. The summed E-state index contributed by atoms with van der Waals surface area (Å²) in [6.45, 7) is 2.26. The van der Waals surface area contributed by atoms with Gasteiger partial charge in [-0.05, 0) is 30.9 Å². The molecular formula is C15H22N2O2. The average Bonchev–Trinajstić information content (AvgIpc) is 2.42. The molecular weight excluding hydrogens is 240 g/mol. The van der Waals surface area contributed by atoms with Crippen LogP contribution in [0, 0.1) is 5.92 Å². The Morgan fingerprint density at radius 1 is 1.37 bits per heavy atom. The van der Waals surface area contributed by atoms with E-state index in [1.807, 2.05) is 12.1 Å². The van der Waals surface area contributed by atoms with E-state index in [2.05, 4.69) is 12.2 Å². The number of hydrogen-bond acceptors (Lipinski definition) is 4. The van der Waals surface area contributed by atoms with E-state index >= 15 is 0 Å². The van der Waals surface area contributed by atoms with Gasteiger partial charge >= 0.3 is 5.97 Å². The predicted octanol–water partition coefficient (Wildman–Crippen LogP) is 3.05. The number of nitrogens with two attached hydrogens (primary N) is 1. The van der Waals surface area contributed by atoms with Crippen molar-refractivity contribution < 1.29 is 9.53 Å². The van der Waals surface area contributed by atoms with Crippen molar-refractivity contribution in [1.82, 2.24) is 0 Å². The highest BCUT2D eigenvalue weighted by molar-refractivity contribution is 5.98. The van der Waals surface area contributed by atoms with Gasteiger partial charge in [-0.15, -0.1) is 0 Å². The Balaban J connectivity index is 2.18. The Morgan fingerprint density at radius 3 is 2.79 bits per heavy atom. The van der Waals surface area contributed by atoms with E-state index in [1.165, 1.54) is 26.4 Å². The average molecular weight is 262 g/mol. The maximum Gasteiger partial charge on any atom is 0.340 e. The number of carbonyl (C=O) groups is 1. The molecule has 104 valence electrons. The second kappa shape index (κ2) is 5.95. The lowest BCUT2D eigenvalue weighted by atomic mass is 9.86. The molecule has 19 heavy (non-hydrogen) atoms. The molecule has 4 heteroatoms. The summed E-state index contributed by atoms with van der Waals surface area (Å²) in [6.07, 6.45) is 4.95. The second-order valence-electron chi connectivity index (χ2n) is 5.27. The standard InChI is InChI=1S/C15H22N2O2/c1-10-6-3-4-8-12(10)17-13-9-5-7-11(14(13)16)15(18)19-2/h5,7,9-10,12,17H,3-4,6,8,16H2,1-2H3. The highest BCUT2D eigenvalue weighted by Crippen LogP contribution is 2.30. The normalized spacial score (nSPS) is 22.8. The number of benzene rings is 1. The summed E-state index contributed by atoms with van der Waals surface area (Å²) in [7, 11) is 1.37. The Kier molecular flexibility index (Phi) is 4.30. The molecule has 2 rings (SSSR count). The molecule has 3 N–H and O–H groups in total. The summed E-state index contributed by atoms with van der Waals surface area (Å²) in [5.74, 6) is 0.243. The number of ether oxygens (including phenoxy) is 1. The fourth-order valence-electron chi connectivity index (χ4n) is 2.71. The number of nitrogens with one attached hydrogen (secondary N) is 1. The van der Waals surface area contributed by atoms with E-state index in [-0.39, 0.29) is 0 Å². The lowest BCUT2D eigenvalue weighted by Crippen LogP contribution is -2.30. The third-order valence-electron chi connectivity index (χ3n) is 3.96. The molecule has 0 heterocycles. The first-order chi connectivity index (χ1) is 9.13. The number of nitrogen functional groups attached to an aromatic ring is 1. The van der Waals surface area contributed by atoms with Gasteiger partial charge in [0, 0.05) is 6.04 Å². The first-order valence-corrected chi connectivity index (χ1v) is 6.87. The largest absolute Gasteiger partial charge is 0.465 e. The lowest BCUT2D eigenvalue weighted by molar-refractivity contribution is 0.0602. The van der Waals surface area contributed by atoms with Crippen LogP contribution in [0.2, 0.25) is 0 Å². The number of anilines is 2. The van der Waals surface area contributed by atoms with E-state index in [0.29, 0.717) is 23.2 Å². The molecule has 2 atom stereocenters. The van der Waals surface area contributed by atoms with Crippen LogP contribution in [0.1, 0.15) is 43.0 Å². The molecule has 1 saturated carbocycles. The smallest absolute Gasteiger partial charge is 0.340 e. The van der Waals surface area contributed by atoms with Gasteiger partial charge in [0.05, 0.1) is 24.0 Å². The van der Waals surface area contributed by atoms with Gasteiger partial charge in [0.15, 0.2) is 0 Å². The molecule has 0 radical (unpaired) electrons. The number of carbonyl (C=O) groups excluding carboxylic acids is 1. The quantitative estimate of drug-likeness (QED) is 0.649. The Hall–Kier alpha value is -1.71. The topological polar surface area (TPSA) is 64.3 Å². The summed E-state index contributed by atoms with van der Waals surface area (Å²) in [5, 5.41) is 3.49. The van der Waals surface area contributed by atoms with Gasteiger partial charge in [-0.25, -0.2) is 4.79 Å². The Morgan fingerprint density at radius 2 is 2.11 bits per heavy atom. The molecule has 2 unspecified atom stereocenters. The number of para-hydroxylation sites is 1.